The first-order chi connectivity index (χ1) is 13.6. The van der Waals surface area contributed by atoms with Gasteiger partial charge < -0.3 is 14.5 Å². The van der Waals surface area contributed by atoms with Crippen molar-refractivity contribution in [3.8, 4) is 5.75 Å². The lowest BCUT2D eigenvalue weighted by Gasteiger charge is -2.25. The fraction of sp³-hybridized carbons (Fsp3) is 0.364. The molecular formula is C22H23FN2O3. The van der Waals surface area contributed by atoms with E-state index in [1.807, 2.05) is 29.2 Å². The monoisotopic (exact) mass is 382 g/mol. The minimum absolute atomic E-state index is 0.108. The van der Waals surface area contributed by atoms with E-state index in [0.717, 1.165) is 35.4 Å². The normalized spacial score (nSPS) is 18.4. The molecule has 146 valence electrons. The molecule has 0 unspecified atom stereocenters. The number of halogens is 1. The number of ether oxygens (including phenoxy) is 1. The van der Waals surface area contributed by atoms with Gasteiger partial charge >= 0.3 is 0 Å². The quantitative estimate of drug-likeness (QED) is 0.733. The smallest absolute Gasteiger partial charge is 0.226 e. The molecule has 0 spiro atoms. The van der Waals surface area contributed by atoms with Crippen LogP contribution in [0.5, 0.6) is 5.75 Å². The lowest BCUT2D eigenvalue weighted by Crippen LogP contribution is -2.38. The van der Waals surface area contributed by atoms with Crippen LogP contribution in [0.25, 0.3) is 0 Å². The van der Waals surface area contributed by atoms with E-state index in [9.17, 15) is 9.18 Å². The molecule has 1 fully saturated rings. The molecule has 2 aromatic carbocycles. The van der Waals surface area contributed by atoms with Crippen molar-refractivity contribution in [2.45, 2.75) is 31.9 Å². The molecule has 2 aromatic rings. The van der Waals surface area contributed by atoms with Gasteiger partial charge in [0.25, 0.3) is 0 Å². The third kappa shape index (κ3) is 4.16. The van der Waals surface area contributed by atoms with Crippen molar-refractivity contribution in [3.63, 3.8) is 0 Å². The zero-order valence-corrected chi connectivity index (χ0v) is 15.8. The zero-order valence-electron chi connectivity index (χ0n) is 15.8. The number of nitrogens with zero attached hydrogens (tertiary/aromatic N) is 2. The molecule has 0 N–H and O–H groups in total. The summed E-state index contributed by atoms with van der Waals surface area (Å²) in [5.41, 5.74) is 2.63. The van der Waals surface area contributed by atoms with Gasteiger partial charge in [-0.15, -0.1) is 0 Å². The Bertz CT molecular complexity index is 878. The van der Waals surface area contributed by atoms with Gasteiger partial charge in [0.05, 0.1) is 19.4 Å². The number of hydrogen-bond acceptors (Lipinski definition) is 4. The van der Waals surface area contributed by atoms with E-state index in [0.29, 0.717) is 19.5 Å². The second kappa shape index (κ2) is 8.00. The van der Waals surface area contributed by atoms with Crippen LogP contribution >= 0.6 is 0 Å². The molecular weight excluding hydrogens is 359 g/mol. The Morgan fingerprint density at radius 3 is 2.68 bits per heavy atom. The molecule has 1 atom stereocenters. The molecule has 1 heterocycles. The van der Waals surface area contributed by atoms with Crippen molar-refractivity contribution in [1.29, 1.82) is 0 Å². The topological polar surface area (TPSA) is 51.1 Å². The van der Waals surface area contributed by atoms with E-state index >= 15 is 0 Å². The molecule has 2 aliphatic rings. The maximum Gasteiger partial charge on any atom is 0.226 e. The number of oxime groups is 1. The average molecular weight is 382 g/mol. The van der Waals surface area contributed by atoms with E-state index in [4.69, 9.17) is 9.57 Å². The Hall–Kier alpha value is -2.89. The first-order valence-corrected chi connectivity index (χ1v) is 9.53. The summed E-state index contributed by atoms with van der Waals surface area (Å²) in [6.45, 7) is 0.897. The zero-order chi connectivity index (χ0) is 19.5. The van der Waals surface area contributed by atoms with Gasteiger partial charge in [0.1, 0.15) is 11.6 Å². The minimum Gasteiger partial charge on any atom is -0.496 e. The molecule has 0 bridgehead atoms. The number of carbonyl (C=O) groups excluding carboxylic acids is 1. The van der Waals surface area contributed by atoms with Gasteiger partial charge in [-0.1, -0.05) is 29.4 Å². The molecule has 1 amide bonds. The number of carbonyl (C=O) groups is 1. The summed E-state index contributed by atoms with van der Waals surface area (Å²) in [4.78, 5) is 20.2. The number of benzene rings is 2. The van der Waals surface area contributed by atoms with Crippen LogP contribution in [0.4, 0.5) is 4.39 Å². The van der Waals surface area contributed by atoms with E-state index in [2.05, 4.69) is 5.16 Å². The van der Waals surface area contributed by atoms with E-state index in [1.54, 1.807) is 19.2 Å². The number of rotatable bonds is 7. The predicted octanol–water partition coefficient (Wildman–Crippen LogP) is 3.77. The highest BCUT2D eigenvalue weighted by molar-refractivity contribution is 6.03. The highest BCUT2D eigenvalue weighted by Gasteiger charge is 2.36. The van der Waals surface area contributed by atoms with Crippen LogP contribution in [0, 0.1) is 11.7 Å². The Labute approximate surface area is 163 Å². The Balaban J connectivity index is 1.44. The summed E-state index contributed by atoms with van der Waals surface area (Å²) in [6, 6.07) is 14.0. The SMILES string of the molecule is COc1ccccc1C1=NO[C@H](CN(Cc2ccc(F)cc2)C(=O)C2CC2)C1. The first kappa shape index (κ1) is 18.5. The van der Waals surface area contributed by atoms with Gasteiger partial charge in [-0.25, -0.2) is 4.39 Å². The highest BCUT2D eigenvalue weighted by Crippen LogP contribution is 2.32. The summed E-state index contributed by atoms with van der Waals surface area (Å²) >= 11 is 0. The second-order valence-electron chi connectivity index (χ2n) is 7.29. The maximum absolute atomic E-state index is 13.2. The van der Waals surface area contributed by atoms with Crippen molar-refractivity contribution in [2.75, 3.05) is 13.7 Å². The van der Waals surface area contributed by atoms with Gasteiger partial charge in [-0.05, 0) is 42.7 Å². The summed E-state index contributed by atoms with van der Waals surface area (Å²) < 4.78 is 18.6. The molecule has 1 saturated carbocycles. The lowest BCUT2D eigenvalue weighted by atomic mass is 10.0. The van der Waals surface area contributed by atoms with Gasteiger partial charge in [0, 0.05) is 24.4 Å². The molecule has 0 saturated heterocycles. The predicted molar refractivity (Wildman–Crippen MR) is 104 cm³/mol. The average Bonchev–Trinajstić information content (AvgIpc) is 3.47. The van der Waals surface area contributed by atoms with Crippen molar-refractivity contribution in [2.24, 2.45) is 11.1 Å². The first-order valence-electron chi connectivity index (χ1n) is 9.53. The number of amides is 1. The van der Waals surface area contributed by atoms with Crippen LogP contribution in [0.15, 0.2) is 53.7 Å². The van der Waals surface area contributed by atoms with E-state index < -0.39 is 0 Å². The van der Waals surface area contributed by atoms with E-state index in [1.165, 1.54) is 12.1 Å². The maximum atomic E-state index is 13.2. The van der Waals surface area contributed by atoms with Gasteiger partial charge in [0.2, 0.25) is 5.91 Å². The summed E-state index contributed by atoms with van der Waals surface area (Å²) in [5, 5.41) is 4.24. The summed E-state index contributed by atoms with van der Waals surface area (Å²) in [6.07, 6.45) is 2.28. The number of methoxy groups -OCH3 is 1. The highest BCUT2D eigenvalue weighted by atomic mass is 19.1. The Morgan fingerprint density at radius 2 is 1.96 bits per heavy atom. The largest absolute Gasteiger partial charge is 0.496 e. The van der Waals surface area contributed by atoms with Gasteiger partial charge in [-0.2, -0.15) is 0 Å². The molecule has 0 radical (unpaired) electrons. The summed E-state index contributed by atoms with van der Waals surface area (Å²) in [5.74, 6) is 0.718. The molecule has 28 heavy (non-hydrogen) atoms. The van der Waals surface area contributed by atoms with Crippen molar-refractivity contribution >= 4 is 11.6 Å². The Morgan fingerprint density at radius 1 is 1.21 bits per heavy atom. The summed E-state index contributed by atoms with van der Waals surface area (Å²) in [7, 11) is 1.63. The van der Waals surface area contributed by atoms with Crippen LogP contribution in [0.1, 0.15) is 30.4 Å². The number of para-hydroxylation sites is 1. The van der Waals surface area contributed by atoms with Crippen LogP contribution in [-0.2, 0) is 16.2 Å². The molecule has 5 nitrogen and oxygen atoms in total. The van der Waals surface area contributed by atoms with Gasteiger partial charge in [-0.3, -0.25) is 4.79 Å². The molecule has 0 aromatic heterocycles. The molecule has 6 heteroatoms. The fourth-order valence-corrected chi connectivity index (χ4v) is 3.45. The number of hydrogen-bond donors (Lipinski definition) is 0. The minimum atomic E-state index is -0.280. The van der Waals surface area contributed by atoms with Gasteiger partial charge in [0.15, 0.2) is 6.10 Å². The van der Waals surface area contributed by atoms with E-state index in [-0.39, 0.29) is 23.7 Å². The van der Waals surface area contributed by atoms with Crippen molar-refractivity contribution in [1.82, 2.24) is 4.90 Å². The third-order valence-corrected chi connectivity index (χ3v) is 5.10. The van der Waals surface area contributed by atoms with Crippen molar-refractivity contribution in [3.05, 3.63) is 65.5 Å². The second-order valence-corrected chi connectivity index (χ2v) is 7.29. The molecule has 1 aliphatic heterocycles. The van der Waals surface area contributed by atoms with Crippen molar-refractivity contribution < 1.29 is 18.8 Å². The lowest BCUT2D eigenvalue weighted by molar-refractivity contribution is -0.135. The van der Waals surface area contributed by atoms with Crippen LogP contribution in [0.2, 0.25) is 0 Å². The molecule has 4 rings (SSSR count). The van der Waals surface area contributed by atoms with Crippen LogP contribution in [-0.4, -0.2) is 36.3 Å². The molecule has 1 aliphatic carbocycles. The van der Waals surface area contributed by atoms with Crippen LogP contribution in [0.3, 0.4) is 0 Å². The third-order valence-electron chi connectivity index (χ3n) is 5.10. The van der Waals surface area contributed by atoms with Crippen LogP contribution < -0.4 is 4.74 Å². The fourth-order valence-electron chi connectivity index (χ4n) is 3.45. The Kier molecular flexibility index (Phi) is 5.28. The standard InChI is InChI=1S/C22H23FN2O3/c1-27-21-5-3-2-4-19(21)20-12-18(28-24-20)14-25(22(26)16-8-9-16)13-15-6-10-17(23)11-7-15/h2-7,10-11,16,18H,8-9,12-14H2,1H3/t18-/m0/s1.